The molecule has 1 aromatic carbocycles. The number of nitrogens with two attached hydrogens (primary N) is 1. The highest BCUT2D eigenvalue weighted by molar-refractivity contribution is 9.10. The van der Waals surface area contributed by atoms with E-state index in [-0.39, 0.29) is 0 Å². The molecule has 16 heavy (non-hydrogen) atoms. The Morgan fingerprint density at radius 1 is 1.25 bits per heavy atom. The number of ether oxygens (including phenoxy) is 1. The number of hydrogen-bond acceptors (Lipinski definition) is 3. The highest BCUT2D eigenvalue weighted by Gasteiger charge is 2.04. The van der Waals surface area contributed by atoms with E-state index >= 15 is 0 Å². The van der Waals surface area contributed by atoms with Gasteiger partial charge in [0, 0.05) is 24.0 Å². The largest absolute Gasteiger partial charge is 0.438 e. The van der Waals surface area contributed by atoms with Crippen LogP contribution in [0.1, 0.15) is 5.56 Å². The number of nitrogen functional groups attached to an aromatic ring is 1. The summed E-state index contributed by atoms with van der Waals surface area (Å²) in [5.74, 6) is 1.23. The number of anilines is 1. The summed E-state index contributed by atoms with van der Waals surface area (Å²) in [7, 11) is 0. The lowest BCUT2D eigenvalue weighted by Gasteiger charge is -2.07. The minimum atomic E-state index is 0.561. The Bertz CT molecular complexity index is 514. The molecule has 1 aromatic heterocycles. The van der Waals surface area contributed by atoms with Gasteiger partial charge < -0.3 is 10.5 Å². The monoisotopic (exact) mass is 278 g/mol. The molecule has 1 heterocycles. The molecule has 0 amide bonds. The van der Waals surface area contributed by atoms with Gasteiger partial charge in [-0.15, -0.1) is 0 Å². The normalized spacial score (nSPS) is 10.1. The first kappa shape index (κ1) is 11.0. The maximum absolute atomic E-state index is 5.69. The second-order valence-corrected chi connectivity index (χ2v) is 4.32. The van der Waals surface area contributed by atoms with Crippen LogP contribution in [0.3, 0.4) is 0 Å². The van der Waals surface area contributed by atoms with Gasteiger partial charge in [0.25, 0.3) is 0 Å². The van der Waals surface area contributed by atoms with Crippen LogP contribution in [0.25, 0.3) is 0 Å². The second kappa shape index (κ2) is 4.53. The van der Waals surface area contributed by atoms with Gasteiger partial charge in [0.15, 0.2) is 0 Å². The van der Waals surface area contributed by atoms with Gasteiger partial charge in [-0.05, 0) is 46.6 Å². The molecule has 0 fully saturated rings. The summed E-state index contributed by atoms with van der Waals surface area (Å²) in [4.78, 5) is 4.12. The van der Waals surface area contributed by atoms with Crippen molar-refractivity contribution in [2.45, 2.75) is 6.92 Å². The van der Waals surface area contributed by atoms with Crippen LogP contribution in [0.4, 0.5) is 5.69 Å². The predicted molar refractivity (Wildman–Crippen MR) is 67.6 cm³/mol. The molecule has 0 bridgehead atoms. The van der Waals surface area contributed by atoms with E-state index in [4.69, 9.17) is 10.5 Å². The van der Waals surface area contributed by atoms with Crippen LogP contribution >= 0.6 is 15.9 Å². The SMILES string of the molecule is Cc1ccnc(Oc2cc(N)ccc2Br)c1. The van der Waals surface area contributed by atoms with E-state index in [1.807, 2.05) is 25.1 Å². The molecule has 2 rings (SSSR count). The summed E-state index contributed by atoms with van der Waals surface area (Å²) in [6.07, 6.45) is 1.71. The smallest absolute Gasteiger partial charge is 0.219 e. The minimum absolute atomic E-state index is 0.561. The Kier molecular flexibility index (Phi) is 3.10. The minimum Gasteiger partial charge on any atom is -0.438 e. The van der Waals surface area contributed by atoms with Crippen molar-refractivity contribution < 1.29 is 4.74 Å². The summed E-state index contributed by atoms with van der Waals surface area (Å²) < 4.78 is 6.48. The molecular formula is C12H11BrN2O. The van der Waals surface area contributed by atoms with Gasteiger partial charge in [-0.2, -0.15) is 0 Å². The van der Waals surface area contributed by atoms with E-state index in [2.05, 4.69) is 20.9 Å². The van der Waals surface area contributed by atoms with Crippen molar-refractivity contribution in [3.8, 4) is 11.6 Å². The Hall–Kier alpha value is -1.55. The average molecular weight is 279 g/mol. The van der Waals surface area contributed by atoms with Crippen molar-refractivity contribution in [2.75, 3.05) is 5.73 Å². The first-order chi connectivity index (χ1) is 7.65. The Balaban J connectivity index is 2.30. The summed E-state index contributed by atoms with van der Waals surface area (Å²) >= 11 is 3.40. The fraction of sp³-hybridized carbons (Fsp3) is 0.0833. The number of halogens is 1. The summed E-state index contributed by atoms with van der Waals surface area (Å²) in [6.45, 7) is 1.99. The van der Waals surface area contributed by atoms with Gasteiger partial charge in [-0.25, -0.2) is 4.98 Å². The number of aryl methyl sites for hydroxylation is 1. The molecule has 0 saturated carbocycles. The molecule has 0 unspecified atom stereocenters. The molecule has 0 aliphatic rings. The average Bonchev–Trinajstić information content (AvgIpc) is 2.24. The molecule has 0 saturated heterocycles. The van der Waals surface area contributed by atoms with Crippen molar-refractivity contribution in [1.82, 2.24) is 4.98 Å². The molecular weight excluding hydrogens is 268 g/mol. The second-order valence-electron chi connectivity index (χ2n) is 3.46. The molecule has 3 nitrogen and oxygen atoms in total. The molecule has 82 valence electrons. The maximum Gasteiger partial charge on any atom is 0.219 e. The maximum atomic E-state index is 5.69. The Labute approximate surface area is 102 Å². The zero-order valence-corrected chi connectivity index (χ0v) is 10.4. The van der Waals surface area contributed by atoms with Crippen molar-refractivity contribution in [3.63, 3.8) is 0 Å². The zero-order chi connectivity index (χ0) is 11.5. The van der Waals surface area contributed by atoms with E-state index in [0.29, 0.717) is 17.3 Å². The third kappa shape index (κ3) is 2.52. The van der Waals surface area contributed by atoms with Crippen LogP contribution in [0, 0.1) is 6.92 Å². The summed E-state index contributed by atoms with van der Waals surface area (Å²) in [5, 5.41) is 0. The summed E-state index contributed by atoms with van der Waals surface area (Å²) in [6, 6.07) is 9.20. The Morgan fingerprint density at radius 2 is 2.06 bits per heavy atom. The van der Waals surface area contributed by atoms with Gasteiger partial charge in [-0.1, -0.05) is 0 Å². The first-order valence-electron chi connectivity index (χ1n) is 4.81. The van der Waals surface area contributed by atoms with E-state index in [1.165, 1.54) is 0 Å². The van der Waals surface area contributed by atoms with Crippen molar-refractivity contribution in [2.24, 2.45) is 0 Å². The molecule has 0 aliphatic carbocycles. The topological polar surface area (TPSA) is 48.1 Å². The van der Waals surface area contributed by atoms with Gasteiger partial charge in [0.2, 0.25) is 5.88 Å². The van der Waals surface area contributed by atoms with E-state index in [1.54, 1.807) is 18.3 Å². The fourth-order valence-electron chi connectivity index (χ4n) is 1.28. The van der Waals surface area contributed by atoms with Crippen LogP contribution in [-0.2, 0) is 0 Å². The lowest BCUT2D eigenvalue weighted by molar-refractivity contribution is 0.460. The van der Waals surface area contributed by atoms with E-state index in [0.717, 1.165) is 10.0 Å². The van der Waals surface area contributed by atoms with Crippen LogP contribution in [0.15, 0.2) is 41.0 Å². The molecule has 4 heteroatoms. The zero-order valence-electron chi connectivity index (χ0n) is 8.77. The summed E-state index contributed by atoms with van der Waals surface area (Å²) in [5.41, 5.74) is 7.45. The lowest BCUT2D eigenvalue weighted by Crippen LogP contribution is -1.91. The van der Waals surface area contributed by atoms with Gasteiger partial charge in [0.1, 0.15) is 5.75 Å². The molecule has 0 spiro atoms. The van der Waals surface area contributed by atoms with E-state index in [9.17, 15) is 0 Å². The van der Waals surface area contributed by atoms with Crippen LogP contribution in [0.5, 0.6) is 11.6 Å². The predicted octanol–water partition coefficient (Wildman–Crippen LogP) is 3.53. The molecule has 2 N–H and O–H groups in total. The van der Waals surface area contributed by atoms with Crippen LogP contribution in [-0.4, -0.2) is 4.98 Å². The highest BCUT2D eigenvalue weighted by Crippen LogP contribution is 2.30. The standard InChI is InChI=1S/C12H11BrN2O/c1-8-4-5-15-12(6-8)16-11-7-9(14)2-3-10(11)13/h2-7H,14H2,1H3. The van der Waals surface area contributed by atoms with Gasteiger partial charge in [-0.3, -0.25) is 0 Å². The number of rotatable bonds is 2. The Morgan fingerprint density at radius 3 is 2.81 bits per heavy atom. The van der Waals surface area contributed by atoms with Crippen molar-refractivity contribution >= 4 is 21.6 Å². The van der Waals surface area contributed by atoms with Gasteiger partial charge >= 0.3 is 0 Å². The van der Waals surface area contributed by atoms with E-state index < -0.39 is 0 Å². The number of aromatic nitrogens is 1. The third-order valence-corrected chi connectivity index (χ3v) is 2.72. The quantitative estimate of drug-likeness (QED) is 0.855. The fourth-order valence-corrected chi connectivity index (χ4v) is 1.60. The third-order valence-electron chi connectivity index (χ3n) is 2.06. The number of pyridine rings is 1. The van der Waals surface area contributed by atoms with Crippen LogP contribution < -0.4 is 10.5 Å². The number of benzene rings is 1. The van der Waals surface area contributed by atoms with Gasteiger partial charge in [0.05, 0.1) is 4.47 Å². The molecule has 0 radical (unpaired) electrons. The van der Waals surface area contributed by atoms with Crippen molar-refractivity contribution in [1.29, 1.82) is 0 Å². The number of nitrogens with zero attached hydrogens (tertiary/aromatic N) is 1. The highest BCUT2D eigenvalue weighted by atomic mass is 79.9. The molecule has 0 aliphatic heterocycles. The molecule has 2 aromatic rings. The first-order valence-corrected chi connectivity index (χ1v) is 5.60. The van der Waals surface area contributed by atoms with Crippen LogP contribution in [0.2, 0.25) is 0 Å². The number of hydrogen-bond donors (Lipinski definition) is 1. The molecule has 0 atom stereocenters. The van der Waals surface area contributed by atoms with Crippen molar-refractivity contribution in [3.05, 3.63) is 46.6 Å². The lowest BCUT2D eigenvalue weighted by atomic mass is 10.3.